The fourth-order valence-electron chi connectivity index (χ4n) is 3.26. The van der Waals surface area contributed by atoms with Gasteiger partial charge in [0.15, 0.2) is 0 Å². The maximum Gasteiger partial charge on any atom is 0.0247 e. The van der Waals surface area contributed by atoms with Crippen LogP contribution < -0.4 is 5.32 Å². The molecule has 2 nitrogen and oxygen atoms in total. The van der Waals surface area contributed by atoms with E-state index in [0.29, 0.717) is 12.1 Å². The van der Waals surface area contributed by atoms with Gasteiger partial charge in [-0.1, -0.05) is 34.6 Å². The molecule has 3 atom stereocenters. The Labute approximate surface area is 125 Å². The maximum atomic E-state index is 3.78. The quantitative estimate of drug-likeness (QED) is 0.771. The van der Waals surface area contributed by atoms with E-state index in [1.54, 1.807) is 0 Å². The predicted octanol–water partition coefficient (Wildman–Crippen LogP) is 3.47. The molecule has 0 aromatic heterocycles. The summed E-state index contributed by atoms with van der Waals surface area (Å²) in [5.41, 5.74) is 0. The molecule has 3 unspecified atom stereocenters. The van der Waals surface area contributed by atoms with Crippen molar-refractivity contribution in [3.63, 3.8) is 0 Å². The van der Waals surface area contributed by atoms with Crippen LogP contribution in [0.25, 0.3) is 0 Å². The molecule has 0 bridgehead atoms. The van der Waals surface area contributed by atoms with Gasteiger partial charge < -0.3 is 5.32 Å². The van der Waals surface area contributed by atoms with Crippen LogP contribution in [0.5, 0.6) is 0 Å². The summed E-state index contributed by atoms with van der Waals surface area (Å²) in [5.74, 6) is 2.80. The van der Waals surface area contributed by atoms with Gasteiger partial charge in [0.25, 0.3) is 0 Å². The van der Waals surface area contributed by atoms with Crippen LogP contribution in [-0.2, 0) is 0 Å². The summed E-state index contributed by atoms with van der Waals surface area (Å²) >= 11 is 1.99. The van der Waals surface area contributed by atoms with E-state index in [9.17, 15) is 0 Å². The average molecular weight is 287 g/mol. The van der Waals surface area contributed by atoms with Crippen molar-refractivity contribution in [3.8, 4) is 0 Å². The van der Waals surface area contributed by atoms with Crippen molar-refractivity contribution in [2.45, 2.75) is 65.6 Å². The third kappa shape index (κ3) is 5.28. The molecule has 0 amide bonds. The zero-order valence-corrected chi connectivity index (χ0v) is 14.6. The summed E-state index contributed by atoms with van der Waals surface area (Å²) in [5, 5.41) is 3.78. The van der Waals surface area contributed by atoms with Crippen LogP contribution in [0.15, 0.2) is 0 Å². The zero-order valence-electron chi connectivity index (χ0n) is 13.8. The highest BCUT2D eigenvalue weighted by Gasteiger charge is 2.33. The minimum absolute atomic E-state index is 0.686. The Hall–Kier alpha value is 0.270. The highest BCUT2D eigenvalue weighted by molar-refractivity contribution is 7.98. The molecular weight excluding hydrogens is 252 g/mol. The van der Waals surface area contributed by atoms with Crippen molar-refractivity contribution in [1.29, 1.82) is 0 Å². The van der Waals surface area contributed by atoms with Crippen LogP contribution in [0, 0.1) is 11.8 Å². The summed E-state index contributed by atoms with van der Waals surface area (Å²) in [4.78, 5) is 2.81. The summed E-state index contributed by atoms with van der Waals surface area (Å²) in [6.45, 7) is 14.2. The lowest BCUT2D eigenvalue weighted by atomic mass is 9.93. The Morgan fingerprint density at radius 3 is 2.42 bits per heavy atom. The minimum atomic E-state index is 0.686. The van der Waals surface area contributed by atoms with Crippen molar-refractivity contribution >= 4 is 11.8 Å². The maximum absolute atomic E-state index is 3.78. The van der Waals surface area contributed by atoms with E-state index < -0.39 is 0 Å². The molecule has 1 fully saturated rings. The molecule has 1 rings (SSSR count). The molecule has 1 heterocycles. The lowest BCUT2D eigenvalue weighted by Crippen LogP contribution is -2.61. The Morgan fingerprint density at radius 2 is 1.95 bits per heavy atom. The third-order valence-corrected chi connectivity index (χ3v) is 5.02. The number of hydrogen-bond donors (Lipinski definition) is 1. The van der Waals surface area contributed by atoms with E-state index in [4.69, 9.17) is 0 Å². The molecule has 3 heteroatoms. The molecule has 0 spiro atoms. The second-order valence-electron chi connectivity index (χ2n) is 6.76. The van der Waals surface area contributed by atoms with Gasteiger partial charge in [0.05, 0.1) is 0 Å². The third-order valence-electron chi connectivity index (χ3n) is 4.30. The van der Waals surface area contributed by atoms with Gasteiger partial charge in [-0.3, -0.25) is 4.90 Å². The van der Waals surface area contributed by atoms with Crippen LogP contribution >= 0.6 is 11.8 Å². The van der Waals surface area contributed by atoms with Gasteiger partial charge in [-0.25, -0.2) is 0 Å². The fourth-order valence-corrected chi connectivity index (χ4v) is 4.08. The van der Waals surface area contributed by atoms with Gasteiger partial charge in [-0.05, 0) is 30.9 Å². The molecule has 0 saturated carbocycles. The Morgan fingerprint density at radius 1 is 1.26 bits per heavy atom. The van der Waals surface area contributed by atoms with Crippen molar-refractivity contribution in [1.82, 2.24) is 10.2 Å². The molecule has 1 saturated heterocycles. The van der Waals surface area contributed by atoms with Gasteiger partial charge in [0.1, 0.15) is 0 Å². The number of nitrogens with zero attached hydrogens (tertiary/aromatic N) is 1. The van der Waals surface area contributed by atoms with Crippen molar-refractivity contribution in [3.05, 3.63) is 0 Å². The minimum Gasteiger partial charge on any atom is -0.311 e. The predicted molar refractivity (Wildman–Crippen MR) is 89.0 cm³/mol. The molecule has 1 N–H and O–H groups in total. The van der Waals surface area contributed by atoms with Gasteiger partial charge in [-0.2, -0.15) is 11.8 Å². The molecule has 0 radical (unpaired) electrons. The molecule has 0 aliphatic carbocycles. The zero-order chi connectivity index (χ0) is 14.4. The lowest BCUT2D eigenvalue weighted by molar-refractivity contribution is 0.0579. The first-order chi connectivity index (χ1) is 8.99. The van der Waals surface area contributed by atoms with Crippen molar-refractivity contribution < 1.29 is 0 Å². The standard InChI is InChI=1S/C16H34N2S/c1-7-15(11-19-6)18-10-14(8-12(2)3)17-9-16(18)13(4)5/h12-17H,7-11H2,1-6H3. The topological polar surface area (TPSA) is 15.3 Å². The SMILES string of the molecule is CCC(CSC)N1CC(CC(C)C)NCC1C(C)C. The number of piperazine rings is 1. The van der Waals surface area contributed by atoms with E-state index in [1.165, 1.54) is 31.7 Å². The fraction of sp³-hybridized carbons (Fsp3) is 1.00. The second kappa shape index (κ2) is 8.53. The highest BCUT2D eigenvalue weighted by Crippen LogP contribution is 2.23. The monoisotopic (exact) mass is 286 g/mol. The Balaban J connectivity index is 2.71. The number of thioether (sulfide) groups is 1. The van der Waals surface area contributed by atoms with E-state index in [2.05, 4.69) is 51.1 Å². The molecule has 0 aromatic rings. The van der Waals surface area contributed by atoms with Crippen molar-refractivity contribution in [2.75, 3.05) is 25.1 Å². The van der Waals surface area contributed by atoms with Crippen molar-refractivity contribution in [2.24, 2.45) is 11.8 Å². The second-order valence-corrected chi connectivity index (χ2v) is 7.67. The lowest BCUT2D eigenvalue weighted by Gasteiger charge is -2.46. The van der Waals surface area contributed by atoms with Gasteiger partial charge in [-0.15, -0.1) is 0 Å². The van der Waals surface area contributed by atoms with E-state index in [0.717, 1.165) is 17.9 Å². The van der Waals surface area contributed by atoms with Gasteiger partial charge in [0, 0.05) is 37.0 Å². The largest absolute Gasteiger partial charge is 0.311 e. The number of nitrogens with one attached hydrogen (secondary N) is 1. The van der Waals surface area contributed by atoms with E-state index in [1.807, 2.05) is 11.8 Å². The Kier molecular flexibility index (Phi) is 7.78. The Bertz CT molecular complexity index is 243. The smallest absolute Gasteiger partial charge is 0.0247 e. The van der Waals surface area contributed by atoms with Crippen LogP contribution in [0.4, 0.5) is 0 Å². The van der Waals surface area contributed by atoms with Gasteiger partial charge in [0.2, 0.25) is 0 Å². The van der Waals surface area contributed by atoms with Crippen LogP contribution in [0.3, 0.4) is 0 Å². The van der Waals surface area contributed by atoms with Crippen LogP contribution in [-0.4, -0.2) is 48.1 Å². The molecule has 0 aromatic carbocycles. The summed E-state index contributed by atoms with van der Waals surface area (Å²) in [7, 11) is 0. The number of hydrogen-bond acceptors (Lipinski definition) is 3. The first kappa shape index (κ1) is 17.3. The van der Waals surface area contributed by atoms with Crippen LogP contribution in [0.1, 0.15) is 47.5 Å². The summed E-state index contributed by atoms with van der Waals surface area (Å²) in [6, 6.07) is 2.14. The molecule has 1 aliphatic rings. The first-order valence-corrected chi connectivity index (χ1v) is 9.36. The summed E-state index contributed by atoms with van der Waals surface area (Å²) in [6.07, 6.45) is 4.82. The molecule has 19 heavy (non-hydrogen) atoms. The van der Waals surface area contributed by atoms with Gasteiger partial charge >= 0.3 is 0 Å². The molecule has 114 valence electrons. The molecule has 1 aliphatic heterocycles. The summed E-state index contributed by atoms with van der Waals surface area (Å²) < 4.78 is 0. The van der Waals surface area contributed by atoms with Crippen LogP contribution in [0.2, 0.25) is 0 Å². The normalized spacial score (nSPS) is 27.2. The first-order valence-electron chi connectivity index (χ1n) is 7.97. The average Bonchev–Trinajstić information content (AvgIpc) is 2.34. The van der Waals surface area contributed by atoms with E-state index in [-0.39, 0.29) is 0 Å². The highest BCUT2D eigenvalue weighted by atomic mass is 32.2. The molecular formula is C16H34N2S. The number of rotatable bonds is 7. The van der Waals surface area contributed by atoms with E-state index >= 15 is 0 Å².